The first-order chi connectivity index (χ1) is 10.5. The quantitative estimate of drug-likeness (QED) is 0.762. The van der Waals surface area contributed by atoms with Gasteiger partial charge in [0.2, 0.25) is 0 Å². The van der Waals surface area contributed by atoms with Gasteiger partial charge in [-0.3, -0.25) is 0 Å². The summed E-state index contributed by atoms with van der Waals surface area (Å²) in [5.41, 5.74) is 2.23. The van der Waals surface area contributed by atoms with Crippen molar-refractivity contribution in [2.45, 2.75) is 20.8 Å². The second kappa shape index (κ2) is 5.38. The summed E-state index contributed by atoms with van der Waals surface area (Å²) in [6.45, 7) is 6.00. The number of anilines is 2. The number of aromatic carboxylic acids is 1. The summed E-state index contributed by atoms with van der Waals surface area (Å²) in [6, 6.07) is 6.62. The number of benzene rings is 1. The normalized spacial score (nSPS) is 10.9. The standard InChI is InChI=1S/C16H15N3O2S/c1-8-9(2)22-15-13(8)14(17-10(3)18-15)19-12-6-4-11(5-7-12)16(20)21/h4-7H,1-3H3,(H,20,21)(H,17,18,19). The third kappa shape index (κ3) is 2.53. The first-order valence-electron chi connectivity index (χ1n) is 6.80. The van der Waals surface area contributed by atoms with Crippen LogP contribution in [0.2, 0.25) is 0 Å². The summed E-state index contributed by atoms with van der Waals surface area (Å²) in [5, 5.41) is 13.2. The minimum atomic E-state index is -0.934. The molecule has 22 heavy (non-hydrogen) atoms. The maximum Gasteiger partial charge on any atom is 0.335 e. The summed E-state index contributed by atoms with van der Waals surface area (Å²) in [7, 11) is 0. The number of rotatable bonds is 3. The molecule has 2 N–H and O–H groups in total. The second-order valence-corrected chi connectivity index (χ2v) is 6.29. The fourth-order valence-electron chi connectivity index (χ4n) is 2.28. The molecule has 3 aromatic rings. The molecule has 0 saturated carbocycles. The van der Waals surface area contributed by atoms with Crippen LogP contribution in [-0.4, -0.2) is 21.0 Å². The van der Waals surface area contributed by atoms with Crippen LogP contribution in [0.25, 0.3) is 10.2 Å². The number of thiophene rings is 1. The molecule has 112 valence electrons. The minimum Gasteiger partial charge on any atom is -0.478 e. The Morgan fingerprint density at radius 3 is 2.45 bits per heavy atom. The highest BCUT2D eigenvalue weighted by atomic mass is 32.1. The van der Waals surface area contributed by atoms with Gasteiger partial charge in [0.25, 0.3) is 0 Å². The summed E-state index contributed by atoms with van der Waals surface area (Å²) >= 11 is 1.66. The van der Waals surface area contributed by atoms with Gasteiger partial charge in [-0.2, -0.15) is 0 Å². The van der Waals surface area contributed by atoms with E-state index in [9.17, 15) is 4.79 Å². The topological polar surface area (TPSA) is 75.1 Å². The van der Waals surface area contributed by atoms with Crippen LogP contribution in [0.15, 0.2) is 24.3 Å². The van der Waals surface area contributed by atoms with Crippen molar-refractivity contribution in [1.82, 2.24) is 9.97 Å². The molecule has 0 aliphatic carbocycles. The number of hydrogen-bond acceptors (Lipinski definition) is 5. The molecule has 1 aromatic carbocycles. The van der Waals surface area contributed by atoms with Crippen molar-refractivity contribution in [3.05, 3.63) is 46.1 Å². The molecule has 6 heteroatoms. The van der Waals surface area contributed by atoms with E-state index in [1.54, 1.807) is 35.6 Å². The van der Waals surface area contributed by atoms with Gasteiger partial charge in [-0.15, -0.1) is 11.3 Å². The highest BCUT2D eigenvalue weighted by molar-refractivity contribution is 7.18. The average molecular weight is 313 g/mol. The van der Waals surface area contributed by atoms with Crippen molar-refractivity contribution >= 4 is 39.0 Å². The zero-order valence-corrected chi connectivity index (χ0v) is 13.3. The molecule has 0 atom stereocenters. The van der Waals surface area contributed by atoms with E-state index in [2.05, 4.69) is 29.1 Å². The molecule has 2 aromatic heterocycles. The molecule has 0 amide bonds. The molecule has 0 saturated heterocycles. The van der Waals surface area contributed by atoms with Crippen LogP contribution in [0.3, 0.4) is 0 Å². The summed E-state index contributed by atoms with van der Waals surface area (Å²) in [4.78, 5) is 22.1. The van der Waals surface area contributed by atoms with Gasteiger partial charge in [0, 0.05) is 10.6 Å². The second-order valence-electron chi connectivity index (χ2n) is 5.09. The van der Waals surface area contributed by atoms with Crippen molar-refractivity contribution in [2.75, 3.05) is 5.32 Å². The molecule has 3 rings (SSSR count). The number of carboxylic acids is 1. The fourth-order valence-corrected chi connectivity index (χ4v) is 3.35. The Kier molecular flexibility index (Phi) is 3.54. The lowest BCUT2D eigenvalue weighted by atomic mass is 10.2. The van der Waals surface area contributed by atoms with Crippen LogP contribution in [0, 0.1) is 20.8 Å². The average Bonchev–Trinajstić information content (AvgIpc) is 2.74. The van der Waals surface area contributed by atoms with Crippen molar-refractivity contribution < 1.29 is 9.90 Å². The largest absolute Gasteiger partial charge is 0.478 e. The predicted octanol–water partition coefficient (Wildman–Crippen LogP) is 4.06. The van der Waals surface area contributed by atoms with E-state index in [-0.39, 0.29) is 5.56 Å². The van der Waals surface area contributed by atoms with Crippen LogP contribution >= 0.6 is 11.3 Å². The van der Waals surface area contributed by atoms with Crippen LogP contribution < -0.4 is 5.32 Å². The third-order valence-corrected chi connectivity index (χ3v) is 4.64. The Morgan fingerprint density at radius 2 is 1.82 bits per heavy atom. The minimum absolute atomic E-state index is 0.261. The monoisotopic (exact) mass is 313 g/mol. The number of carbonyl (C=O) groups is 1. The molecule has 0 spiro atoms. The van der Waals surface area contributed by atoms with Crippen molar-refractivity contribution in [1.29, 1.82) is 0 Å². The molecule has 0 radical (unpaired) electrons. The van der Waals surface area contributed by atoms with E-state index in [1.165, 1.54) is 10.4 Å². The van der Waals surface area contributed by atoms with Crippen molar-refractivity contribution in [2.24, 2.45) is 0 Å². The van der Waals surface area contributed by atoms with Gasteiger partial charge in [0.1, 0.15) is 16.5 Å². The first kappa shape index (κ1) is 14.5. The van der Waals surface area contributed by atoms with Gasteiger partial charge in [-0.25, -0.2) is 14.8 Å². The highest BCUT2D eigenvalue weighted by Crippen LogP contribution is 2.34. The maximum atomic E-state index is 10.9. The zero-order valence-electron chi connectivity index (χ0n) is 12.5. The van der Waals surface area contributed by atoms with Gasteiger partial charge in [0.15, 0.2) is 0 Å². The molecule has 0 fully saturated rings. The van der Waals surface area contributed by atoms with Gasteiger partial charge in [-0.05, 0) is 50.6 Å². The fraction of sp³-hybridized carbons (Fsp3) is 0.188. The van der Waals surface area contributed by atoms with Crippen LogP contribution in [-0.2, 0) is 0 Å². The van der Waals surface area contributed by atoms with Crippen LogP contribution in [0.1, 0.15) is 26.6 Å². The number of nitrogens with zero attached hydrogens (tertiary/aromatic N) is 2. The first-order valence-corrected chi connectivity index (χ1v) is 7.62. The maximum absolute atomic E-state index is 10.9. The Morgan fingerprint density at radius 1 is 1.14 bits per heavy atom. The smallest absolute Gasteiger partial charge is 0.335 e. The molecule has 0 aliphatic heterocycles. The molecule has 0 aliphatic rings. The number of nitrogens with one attached hydrogen (secondary N) is 1. The lowest BCUT2D eigenvalue weighted by molar-refractivity contribution is 0.0697. The van der Waals surface area contributed by atoms with Gasteiger partial charge in [-0.1, -0.05) is 0 Å². The summed E-state index contributed by atoms with van der Waals surface area (Å²) in [5.74, 6) is 0.530. The molecule has 2 heterocycles. The number of fused-ring (bicyclic) bond motifs is 1. The van der Waals surface area contributed by atoms with Crippen LogP contribution in [0.5, 0.6) is 0 Å². The number of carboxylic acid groups (broad SMARTS) is 1. The van der Waals surface area contributed by atoms with Crippen molar-refractivity contribution in [3.63, 3.8) is 0 Å². The molecule has 0 unspecified atom stereocenters. The third-order valence-electron chi connectivity index (χ3n) is 3.54. The van der Waals surface area contributed by atoms with Gasteiger partial charge in [0.05, 0.1) is 10.9 Å². The lowest BCUT2D eigenvalue weighted by Crippen LogP contribution is -2.00. The van der Waals surface area contributed by atoms with Crippen molar-refractivity contribution in [3.8, 4) is 0 Å². The van der Waals surface area contributed by atoms with E-state index in [0.717, 1.165) is 21.7 Å². The zero-order chi connectivity index (χ0) is 15.9. The number of aromatic nitrogens is 2. The molecule has 0 bridgehead atoms. The summed E-state index contributed by atoms with van der Waals surface area (Å²) in [6.07, 6.45) is 0. The highest BCUT2D eigenvalue weighted by Gasteiger charge is 2.13. The number of aryl methyl sites for hydroxylation is 3. The molecule has 5 nitrogen and oxygen atoms in total. The van der Waals surface area contributed by atoms with E-state index in [0.29, 0.717) is 5.82 Å². The van der Waals surface area contributed by atoms with Gasteiger partial charge < -0.3 is 10.4 Å². The Bertz CT molecular complexity index is 869. The Labute approximate surface area is 131 Å². The Balaban J connectivity index is 2.04. The van der Waals surface area contributed by atoms with E-state index < -0.39 is 5.97 Å². The molecular weight excluding hydrogens is 298 g/mol. The van der Waals surface area contributed by atoms with Crippen LogP contribution in [0.4, 0.5) is 11.5 Å². The van der Waals surface area contributed by atoms with E-state index in [1.807, 2.05) is 6.92 Å². The Hall–Kier alpha value is -2.47. The predicted molar refractivity (Wildman–Crippen MR) is 88.3 cm³/mol. The number of hydrogen-bond donors (Lipinski definition) is 2. The lowest BCUT2D eigenvalue weighted by Gasteiger charge is -2.09. The SMILES string of the molecule is Cc1nc(Nc2ccc(C(=O)O)cc2)c2c(C)c(C)sc2n1. The van der Waals surface area contributed by atoms with Gasteiger partial charge >= 0.3 is 5.97 Å². The van der Waals surface area contributed by atoms with E-state index >= 15 is 0 Å². The molecular formula is C16H15N3O2S. The van der Waals surface area contributed by atoms with E-state index in [4.69, 9.17) is 5.11 Å². The summed E-state index contributed by atoms with van der Waals surface area (Å²) < 4.78 is 0.